The summed E-state index contributed by atoms with van der Waals surface area (Å²) < 4.78 is 0. The van der Waals surface area contributed by atoms with Crippen molar-refractivity contribution >= 4 is 24.1 Å². The predicted molar refractivity (Wildman–Crippen MR) is 50.5 cm³/mol. The third kappa shape index (κ3) is 2.15. The number of aliphatic carboxylic acids is 1. The number of carbonyl (C=O) groups is 2. The Kier molecular flexibility index (Phi) is 3.59. The third-order valence-corrected chi connectivity index (χ3v) is 3.45. The monoisotopic (exact) mass is 203 g/mol. The van der Waals surface area contributed by atoms with Gasteiger partial charge in [0.15, 0.2) is 0 Å². The van der Waals surface area contributed by atoms with E-state index in [0.29, 0.717) is 12.2 Å². The summed E-state index contributed by atoms with van der Waals surface area (Å²) in [4.78, 5) is 22.8. The van der Waals surface area contributed by atoms with Crippen molar-refractivity contribution in [1.82, 2.24) is 4.90 Å². The van der Waals surface area contributed by atoms with Crippen LogP contribution < -0.4 is 0 Å². The van der Waals surface area contributed by atoms with Gasteiger partial charge in [0.2, 0.25) is 6.41 Å². The minimum atomic E-state index is -0.904. The van der Waals surface area contributed by atoms with E-state index in [2.05, 4.69) is 0 Å². The highest BCUT2D eigenvalue weighted by Gasteiger charge is 2.36. The Morgan fingerprint density at radius 1 is 1.77 bits per heavy atom. The SMILES string of the molecule is CCCC1SCC(C(=O)O)N1C=O. The zero-order valence-electron chi connectivity index (χ0n) is 7.47. The lowest BCUT2D eigenvalue weighted by Crippen LogP contribution is -2.40. The number of carbonyl (C=O) groups excluding carboxylic acids is 1. The van der Waals surface area contributed by atoms with Crippen molar-refractivity contribution in [2.75, 3.05) is 5.75 Å². The van der Waals surface area contributed by atoms with Crippen LogP contribution in [0, 0.1) is 0 Å². The van der Waals surface area contributed by atoms with Crippen molar-refractivity contribution < 1.29 is 14.7 Å². The molecule has 1 saturated heterocycles. The van der Waals surface area contributed by atoms with Crippen LogP contribution >= 0.6 is 11.8 Å². The molecule has 0 saturated carbocycles. The molecule has 0 spiro atoms. The fourth-order valence-corrected chi connectivity index (χ4v) is 2.88. The average molecular weight is 203 g/mol. The summed E-state index contributed by atoms with van der Waals surface area (Å²) in [6.45, 7) is 2.03. The van der Waals surface area contributed by atoms with Gasteiger partial charge in [0.1, 0.15) is 6.04 Å². The zero-order valence-corrected chi connectivity index (χ0v) is 8.29. The second-order valence-electron chi connectivity index (χ2n) is 2.98. The summed E-state index contributed by atoms with van der Waals surface area (Å²) in [5.41, 5.74) is 0. The molecule has 74 valence electrons. The fraction of sp³-hybridized carbons (Fsp3) is 0.750. The fourth-order valence-electron chi connectivity index (χ4n) is 1.39. The van der Waals surface area contributed by atoms with Gasteiger partial charge >= 0.3 is 5.97 Å². The van der Waals surface area contributed by atoms with Gasteiger partial charge < -0.3 is 10.0 Å². The van der Waals surface area contributed by atoms with E-state index in [4.69, 9.17) is 5.11 Å². The van der Waals surface area contributed by atoms with E-state index in [1.165, 1.54) is 4.90 Å². The topological polar surface area (TPSA) is 57.6 Å². The molecule has 1 fully saturated rings. The van der Waals surface area contributed by atoms with Crippen LogP contribution in [0.25, 0.3) is 0 Å². The molecule has 13 heavy (non-hydrogen) atoms. The molecule has 1 rings (SSSR count). The number of nitrogens with zero attached hydrogens (tertiary/aromatic N) is 1. The first-order valence-electron chi connectivity index (χ1n) is 4.27. The molecule has 0 aliphatic carbocycles. The predicted octanol–water partition coefficient (Wildman–Crippen LogP) is 0.771. The smallest absolute Gasteiger partial charge is 0.327 e. The summed E-state index contributed by atoms with van der Waals surface area (Å²) in [7, 11) is 0. The van der Waals surface area contributed by atoms with E-state index < -0.39 is 12.0 Å². The first kappa shape index (κ1) is 10.4. The van der Waals surface area contributed by atoms with Gasteiger partial charge in [0, 0.05) is 5.75 Å². The van der Waals surface area contributed by atoms with E-state index in [1.807, 2.05) is 6.92 Å². The van der Waals surface area contributed by atoms with Crippen molar-refractivity contribution in [1.29, 1.82) is 0 Å². The largest absolute Gasteiger partial charge is 0.480 e. The molecule has 1 aliphatic heterocycles. The molecule has 0 aromatic rings. The van der Waals surface area contributed by atoms with E-state index >= 15 is 0 Å². The number of carboxylic acid groups (broad SMARTS) is 1. The first-order chi connectivity index (χ1) is 6.20. The quantitative estimate of drug-likeness (QED) is 0.686. The van der Waals surface area contributed by atoms with Crippen molar-refractivity contribution in [2.45, 2.75) is 31.2 Å². The van der Waals surface area contributed by atoms with Gasteiger partial charge in [-0.2, -0.15) is 0 Å². The highest BCUT2D eigenvalue weighted by molar-refractivity contribution is 8.00. The normalized spacial score (nSPS) is 27.6. The molecule has 0 bridgehead atoms. The van der Waals surface area contributed by atoms with Crippen molar-refractivity contribution in [2.24, 2.45) is 0 Å². The molecular weight excluding hydrogens is 190 g/mol. The van der Waals surface area contributed by atoms with Crippen LogP contribution in [0.1, 0.15) is 19.8 Å². The summed E-state index contributed by atoms with van der Waals surface area (Å²) in [5, 5.41) is 8.85. The van der Waals surface area contributed by atoms with Crippen LogP contribution in [0.2, 0.25) is 0 Å². The minimum absolute atomic E-state index is 0.0589. The van der Waals surface area contributed by atoms with Crippen LogP contribution in [0.3, 0.4) is 0 Å². The van der Waals surface area contributed by atoms with Crippen LogP contribution in [0.4, 0.5) is 0 Å². The maximum Gasteiger partial charge on any atom is 0.327 e. The number of hydrogen-bond donors (Lipinski definition) is 1. The maximum absolute atomic E-state index is 10.7. The zero-order chi connectivity index (χ0) is 9.84. The van der Waals surface area contributed by atoms with Crippen LogP contribution in [-0.2, 0) is 9.59 Å². The van der Waals surface area contributed by atoms with E-state index in [9.17, 15) is 9.59 Å². The summed E-state index contributed by atoms with van der Waals surface area (Å²) >= 11 is 1.55. The van der Waals surface area contributed by atoms with Gasteiger partial charge in [-0.3, -0.25) is 4.79 Å². The number of hydrogen-bond acceptors (Lipinski definition) is 3. The highest BCUT2D eigenvalue weighted by Crippen LogP contribution is 2.30. The molecule has 0 aromatic carbocycles. The first-order valence-corrected chi connectivity index (χ1v) is 5.32. The highest BCUT2D eigenvalue weighted by atomic mass is 32.2. The van der Waals surface area contributed by atoms with Crippen molar-refractivity contribution in [3.05, 3.63) is 0 Å². The van der Waals surface area contributed by atoms with Crippen LogP contribution in [0.5, 0.6) is 0 Å². The van der Waals surface area contributed by atoms with Crippen LogP contribution in [-0.4, -0.2) is 39.6 Å². The number of amides is 1. The molecule has 1 N–H and O–H groups in total. The number of carboxylic acids is 1. The van der Waals surface area contributed by atoms with Gasteiger partial charge in [0.25, 0.3) is 0 Å². The van der Waals surface area contributed by atoms with Gasteiger partial charge in [-0.15, -0.1) is 11.8 Å². The lowest BCUT2D eigenvalue weighted by atomic mass is 10.2. The van der Waals surface area contributed by atoms with Gasteiger partial charge in [-0.05, 0) is 6.42 Å². The Morgan fingerprint density at radius 3 is 2.92 bits per heavy atom. The second kappa shape index (κ2) is 4.50. The van der Waals surface area contributed by atoms with E-state index in [-0.39, 0.29) is 5.37 Å². The molecule has 4 nitrogen and oxygen atoms in total. The van der Waals surface area contributed by atoms with Crippen molar-refractivity contribution in [3.63, 3.8) is 0 Å². The second-order valence-corrected chi connectivity index (χ2v) is 4.19. The summed E-state index contributed by atoms with van der Waals surface area (Å²) in [6.07, 6.45) is 2.49. The Labute approximate surface area is 81.3 Å². The molecule has 0 aromatic heterocycles. The molecule has 0 radical (unpaired) electrons. The molecule has 1 amide bonds. The van der Waals surface area contributed by atoms with Crippen LogP contribution in [0.15, 0.2) is 0 Å². The van der Waals surface area contributed by atoms with Crippen molar-refractivity contribution in [3.8, 4) is 0 Å². The third-order valence-electron chi connectivity index (χ3n) is 2.08. The Hall–Kier alpha value is -0.710. The van der Waals surface area contributed by atoms with Gasteiger partial charge in [0.05, 0.1) is 5.37 Å². The average Bonchev–Trinajstić information content (AvgIpc) is 2.48. The Morgan fingerprint density at radius 2 is 2.46 bits per heavy atom. The number of rotatable bonds is 4. The van der Waals surface area contributed by atoms with Gasteiger partial charge in [-0.1, -0.05) is 13.3 Å². The Bertz CT molecular complexity index is 210. The molecule has 1 aliphatic rings. The molecular formula is C8H13NO3S. The molecule has 2 atom stereocenters. The lowest BCUT2D eigenvalue weighted by Gasteiger charge is -2.21. The van der Waals surface area contributed by atoms with E-state index in [0.717, 1.165) is 12.8 Å². The number of thioether (sulfide) groups is 1. The van der Waals surface area contributed by atoms with Gasteiger partial charge in [-0.25, -0.2) is 4.79 Å². The summed E-state index contributed by atoms with van der Waals surface area (Å²) in [5.74, 6) is -0.392. The minimum Gasteiger partial charge on any atom is -0.480 e. The lowest BCUT2D eigenvalue weighted by molar-refractivity contribution is -0.145. The maximum atomic E-state index is 10.7. The molecule has 2 unspecified atom stereocenters. The summed E-state index contributed by atoms with van der Waals surface area (Å²) in [6, 6.07) is -0.626. The molecule has 1 heterocycles. The standard InChI is InChI=1S/C8H13NO3S/c1-2-3-7-9(5-10)6(4-13-7)8(11)12/h5-7H,2-4H2,1H3,(H,11,12). The molecule has 5 heteroatoms. The Balaban J connectivity index is 2.62. The van der Waals surface area contributed by atoms with E-state index in [1.54, 1.807) is 11.8 Å².